The van der Waals surface area contributed by atoms with Crippen molar-refractivity contribution in [3.05, 3.63) is 88.1 Å². The minimum absolute atomic E-state index is 0.0132. The molecule has 1 atom stereocenters. The molecule has 4 heterocycles. The summed E-state index contributed by atoms with van der Waals surface area (Å²) in [4.78, 5) is 27.0. The Kier molecular flexibility index (Phi) is 7.69. The molecule has 0 bridgehead atoms. The van der Waals surface area contributed by atoms with Crippen LogP contribution in [-0.4, -0.2) is 56.5 Å². The van der Waals surface area contributed by atoms with E-state index in [0.717, 1.165) is 62.5 Å². The number of nitrogens with zero attached hydrogens (tertiary/aromatic N) is 4. The number of carboxylic acid groups (broad SMARTS) is 1. The molecule has 2 aromatic heterocycles. The smallest absolute Gasteiger partial charge is 0.354 e. The number of para-hydroxylation sites is 1. The van der Waals surface area contributed by atoms with Crippen LogP contribution in [-0.2, 0) is 24.1 Å². The highest BCUT2D eigenvalue weighted by molar-refractivity contribution is 6.30. The molecule has 0 radical (unpaired) electrons. The highest BCUT2D eigenvalue weighted by Gasteiger charge is 2.27. The van der Waals surface area contributed by atoms with Gasteiger partial charge < -0.3 is 19.2 Å². The first-order chi connectivity index (χ1) is 19.4. The first kappa shape index (κ1) is 26.7. The molecule has 2 aliphatic rings. The van der Waals surface area contributed by atoms with Crippen molar-refractivity contribution in [2.45, 2.75) is 44.8 Å². The van der Waals surface area contributed by atoms with Crippen LogP contribution in [0.15, 0.2) is 54.6 Å². The molecule has 2 aromatic carbocycles. The van der Waals surface area contributed by atoms with E-state index in [9.17, 15) is 14.3 Å². The van der Waals surface area contributed by atoms with Crippen molar-refractivity contribution in [3.8, 4) is 5.75 Å². The lowest BCUT2D eigenvalue weighted by molar-refractivity contribution is -0.0825. The lowest BCUT2D eigenvalue weighted by atomic mass is 9.94. The normalized spacial score (nSPS) is 18.1. The number of imidazole rings is 1. The second-order valence-electron chi connectivity index (χ2n) is 10.5. The third-order valence-electron chi connectivity index (χ3n) is 7.71. The second kappa shape index (κ2) is 11.5. The van der Waals surface area contributed by atoms with Crippen molar-refractivity contribution in [2.24, 2.45) is 5.92 Å². The van der Waals surface area contributed by atoms with E-state index in [-0.39, 0.29) is 17.6 Å². The Labute approximate surface area is 236 Å². The maximum Gasteiger partial charge on any atom is 0.354 e. The first-order valence-corrected chi connectivity index (χ1v) is 14.0. The van der Waals surface area contributed by atoms with Gasteiger partial charge in [-0.25, -0.2) is 19.2 Å². The summed E-state index contributed by atoms with van der Waals surface area (Å²) in [6.07, 6.45) is 4.10. The standard InChI is InChI=1S/C30H30ClFN4O4/c31-22-6-5-20(24(32)17-22)16-21-3-1-2-4-27(21)40-35-12-9-19(10-13-35)15-28-33-25-7-8-26(30(37)38)34-29(25)36(28)18-23-11-14-39-23/h1-8,17,19,23H,9-16,18H2,(H,37,38)/t23-/m0/s1. The maximum atomic E-state index is 14.4. The summed E-state index contributed by atoms with van der Waals surface area (Å²) in [5, 5.41) is 11.8. The van der Waals surface area contributed by atoms with E-state index in [0.29, 0.717) is 40.6 Å². The van der Waals surface area contributed by atoms with Gasteiger partial charge in [-0.05, 0) is 61.1 Å². The molecule has 0 saturated carbocycles. The van der Waals surface area contributed by atoms with E-state index in [1.165, 1.54) is 12.1 Å². The fraction of sp³-hybridized carbons (Fsp3) is 0.367. The van der Waals surface area contributed by atoms with Gasteiger partial charge in [0.2, 0.25) is 0 Å². The van der Waals surface area contributed by atoms with Crippen LogP contribution >= 0.6 is 11.6 Å². The van der Waals surface area contributed by atoms with Crippen molar-refractivity contribution in [1.82, 2.24) is 19.6 Å². The highest BCUT2D eigenvalue weighted by atomic mass is 35.5. The Morgan fingerprint density at radius 3 is 2.60 bits per heavy atom. The molecular formula is C30H30ClFN4O4. The van der Waals surface area contributed by atoms with Crippen LogP contribution < -0.4 is 4.84 Å². The molecule has 2 saturated heterocycles. The van der Waals surface area contributed by atoms with Gasteiger partial charge in [-0.1, -0.05) is 35.9 Å². The molecule has 0 unspecified atom stereocenters. The molecule has 2 aliphatic heterocycles. The van der Waals surface area contributed by atoms with E-state index >= 15 is 0 Å². The van der Waals surface area contributed by atoms with Crippen LogP contribution in [0.4, 0.5) is 4.39 Å². The van der Waals surface area contributed by atoms with Crippen molar-refractivity contribution < 1.29 is 23.9 Å². The summed E-state index contributed by atoms with van der Waals surface area (Å²) in [5.74, 6) is 0.652. The number of carboxylic acids is 1. The predicted octanol–water partition coefficient (Wildman–Crippen LogP) is 5.55. The number of hydrogen-bond donors (Lipinski definition) is 1. The van der Waals surface area contributed by atoms with Crippen LogP contribution in [0.2, 0.25) is 5.02 Å². The Morgan fingerprint density at radius 2 is 1.88 bits per heavy atom. The van der Waals surface area contributed by atoms with Gasteiger partial charge in [-0.2, -0.15) is 0 Å². The number of benzene rings is 2. The number of rotatable bonds is 9. The fourth-order valence-electron chi connectivity index (χ4n) is 5.36. The number of halogens is 2. The molecule has 4 aromatic rings. The third kappa shape index (κ3) is 5.82. The monoisotopic (exact) mass is 564 g/mol. The Bertz CT molecular complexity index is 1530. The first-order valence-electron chi connectivity index (χ1n) is 13.6. The van der Waals surface area contributed by atoms with E-state index < -0.39 is 5.97 Å². The summed E-state index contributed by atoms with van der Waals surface area (Å²) in [7, 11) is 0. The lowest BCUT2D eigenvalue weighted by Crippen LogP contribution is -2.37. The zero-order valence-corrected chi connectivity index (χ0v) is 22.7. The van der Waals surface area contributed by atoms with Gasteiger partial charge in [0.1, 0.15) is 17.2 Å². The number of pyridine rings is 1. The molecule has 8 nitrogen and oxygen atoms in total. The van der Waals surface area contributed by atoms with Gasteiger partial charge in [0.05, 0.1) is 12.6 Å². The molecule has 6 rings (SSSR count). The highest BCUT2D eigenvalue weighted by Crippen LogP contribution is 2.29. The molecule has 0 aliphatic carbocycles. The average molecular weight is 565 g/mol. The molecule has 0 spiro atoms. The fourth-order valence-corrected chi connectivity index (χ4v) is 5.52. The number of carbonyl (C=O) groups is 1. The largest absolute Gasteiger partial charge is 0.477 e. The molecule has 0 amide bonds. The Balaban J connectivity index is 1.12. The summed E-state index contributed by atoms with van der Waals surface area (Å²) in [6.45, 7) is 2.87. The quantitative estimate of drug-likeness (QED) is 0.285. The summed E-state index contributed by atoms with van der Waals surface area (Å²) in [5.41, 5.74) is 2.79. The predicted molar refractivity (Wildman–Crippen MR) is 148 cm³/mol. The number of aromatic nitrogens is 3. The van der Waals surface area contributed by atoms with Crippen LogP contribution in [0.25, 0.3) is 11.2 Å². The number of hydroxylamine groups is 2. The second-order valence-corrected chi connectivity index (χ2v) is 10.9. The van der Waals surface area contributed by atoms with E-state index in [1.807, 2.05) is 33.9 Å². The van der Waals surface area contributed by atoms with Gasteiger partial charge >= 0.3 is 5.97 Å². The molecular weight excluding hydrogens is 535 g/mol. The maximum absolute atomic E-state index is 14.4. The topological polar surface area (TPSA) is 89.7 Å². The van der Waals surface area contributed by atoms with Gasteiger partial charge in [0, 0.05) is 43.1 Å². The summed E-state index contributed by atoms with van der Waals surface area (Å²) in [6, 6.07) is 15.7. The molecule has 10 heteroatoms. The van der Waals surface area contributed by atoms with Gasteiger partial charge in [-0.3, -0.25) is 0 Å². The van der Waals surface area contributed by atoms with Gasteiger partial charge in [-0.15, -0.1) is 5.06 Å². The molecule has 1 N–H and O–H groups in total. The van der Waals surface area contributed by atoms with Crippen LogP contribution in [0.3, 0.4) is 0 Å². The molecule has 208 valence electrons. The third-order valence-corrected chi connectivity index (χ3v) is 7.95. The SMILES string of the molecule is O=C(O)c1ccc2nc(CC3CCN(Oc4ccccc4Cc4ccc(Cl)cc4F)CC3)n(C[C@@H]3CCO3)c2n1. The number of aromatic carboxylic acids is 1. The summed E-state index contributed by atoms with van der Waals surface area (Å²) < 4.78 is 22.1. The molecule has 40 heavy (non-hydrogen) atoms. The Morgan fingerprint density at radius 1 is 1.07 bits per heavy atom. The minimum Gasteiger partial charge on any atom is -0.477 e. The summed E-state index contributed by atoms with van der Waals surface area (Å²) >= 11 is 5.91. The van der Waals surface area contributed by atoms with Crippen LogP contribution in [0, 0.1) is 11.7 Å². The molecule has 2 fully saturated rings. The Hall–Kier alpha value is -3.53. The zero-order chi connectivity index (χ0) is 27.6. The zero-order valence-electron chi connectivity index (χ0n) is 21.9. The van der Waals surface area contributed by atoms with Gasteiger partial charge in [0.25, 0.3) is 0 Å². The average Bonchev–Trinajstić information content (AvgIpc) is 3.25. The van der Waals surface area contributed by atoms with Gasteiger partial charge in [0.15, 0.2) is 17.1 Å². The lowest BCUT2D eigenvalue weighted by Gasteiger charge is -2.32. The van der Waals surface area contributed by atoms with E-state index in [4.69, 9.17) is 26.2 Å². The van der Waals surface area contributed by atoms with Crippen LogP contribution in [0.1, 0.15) is 46.7 Å². The van der Waals surface area contributed by atoms with Crippen LogP contribution in [0.5, 0.6) is 5.75 Å². The number of piperidine rings is 1. The van der Waals surface area contributed by atoms with E-state index in [2.05, 4.69) is 4.98 Å². The van der Waals surface area contributed by atoms with Crippen molar-refractivity contribution in [1.29, 1.82) is 0 Å². The minimum atomic E-state index is -1.05. The van der Waals surface area contributed by atoms with Crippen molar-refractivity contribution >= 4 is 28.7 Å². The van der Waals surface area contributed by atoms with E-state index in [1.54, 1.807) is 18.2 Å². The van der Waals surface area contributed by atoms with Crippen molar-refractivity contribution in [3.63, 3.8) is 0 Å². The van der Waals surface area contributed by atoms with Crippen molar-refractivity contribution in [2.75, 3.05) is 19.7 Å². The number of ether oxygens (including phenoxy) is 1. The number of fused-ring (bicyclic) bond motifs is 1. The number of hydrogen-bond acceptors (Lipinski definition) is 6.